The first kappa shape index (κ1) is 21.6. The van der Waals surface area contributed by atoms with Crippen LogP contribution in [-0.4, -0.2) is 45.9 Å². The summed E-state index contributed by atoms with van der Waals surface area (Å²) in [7, 11) is 4.40. The number of allylic oxidation sites excluding steroid dienone is 1. The van der Waals surface area contributed by atoms with E-state index in [9.17, 15) is 9.59 Å². The molecule has 0 aliphatic heterocycles. The van der Waals surface area contributed by atoms with Crippen LogP contribution in [0.25, 0.3) is 0 Å². The number of hydrogen-bond acceptors (Lipinski definition) is 6. The van der Waals surface area contributed by atoms with Gasteiger partial charge in [-0.3, -0.25) is 4.79 Å². The Morgan fingerprint density at radius 2 is 1.71 bits per heavy atom. The van der Waals surface area contributed by atoms with E-state index in [4.69, 9.17) is 18.9 Å². The monoisotopic (exact) mass is 391 g/mol. The minimum atomic E-state index is -0.925. The molecular weight excluding hydrogens is 362 g/mol. The van der Waals surface area contributed by atoms with Crippen LogP contribution in [0.3, 0.4) is 0 Å². The van der Waals surface area contributed by atoms with Crippen molar-refractivity contribution in [2.24, 2.45) is 0 Å². The molecule has 0 bridgehead atoms. The molecule has 1 aromatic carbocycles. The standard InChI is InChI=1S/C21H29NO6/c1-14(20(23)22-11-10-15-8-6-5-7-9-15)28-21(24)16-12-18(26-3)19(27-4)13-17(16)25-2/h8,12-14H,5-7,9-11H2,1-4H3,(H,22,23)/t14-/m1/s1. The third kappa shape index (κ3) is 5.65. The number of nitrogens with one attached hydrogen (secondary N) is 1. The van der Waals surface area contributed by atoms with Crippen LogP contribution < -0.4 is 19.5 Å². The van der Waals surface area contributed by atoms with Crippen LogP contribution in [0.1, 0.15) is 49.4 Å². The summed E-state index contributed by atoms with van der Waals surface area (Å²) < 4.78 is 21.0. The first-order valence-electron chi connectivity index (χ1n) is 9.46. The Kier molecular flexibility index (Phi) is 8.17. The number of esters is 1. The zero-order valence-corrected chi connectivity index (χ0v) is 17.0. The topological polar surface area (TPSA) is 83.1 Å². The third-order valence-corrected chi connectivity index (χ3v) is 4.71. The highest BCUT2D eigenvalue weighted by molar-refractivity contribution is 5.95. The molecule has 1 aliphatic carbocycles. The van der Waals surface area contributed by atoms with Crippen LogP contribution in [0.15, 0.2) is 23.8 Å². The molecule has 1 amide bonds. The van der Waals surface area contributed by atoms with Gasteiger partial charge in [0, 0.05) is 18.7 Å². The van der Waals surface area contributed by atoms with Crippen molar-refractivity contribution < 1.29 is 28.5 Å². The van der Waals surface area contributed by atoms with E-state index in [0.29, 0.717) is 18.0 Å². The maximum absolute atomic E-state index is 12.5. The predicted octanol–water partition coefficient (Wildman–Crippen LogP) is 3.26. The average Bonchev–Trinajstić information content (AvgIpc) is 2.73. The number of ether oxygens (including phenoxy) is 4. The Morgan fingerprint density at radius 1 is 1.04 bits per heavy atom. The van der Waals surface area contributed by atoms with E-state index in [1.165, 1.54) is 51.9 Å². The van der Waals surface area contributed by atoms with Gasteiger partial charge in [-0.25, -0.2) is 4.79 Å². The van der Waals surface area contributed by atoms with Crippen molar-refractivity contribution in [3.05, 3.63) is 29.3 Å². The van der Waals surface area contributed by atoms with Crippen LogP contribution in [0, 0.1) is 0 Å². The minimum absolute atomic E-state index is 0.159. The van der Waals surface area contributed by atoms with E-state index in [1.807, 2.05) is 0 Å². The highest BCUT2D eigenvalue weighted by atomic mass is 16.6. The molecule has 1 N–H and O–H groups in total. The number of rotatable bonds is 9. The molecule has 0 radical (unpaired) electrons. The second-order valence-electron chi connectivity index (χ2n) is 6.60. The summed E-state index contributed by atoms with van der Waals surface area (Å²) in [5.74, 6) is 0.0750. The van der Waals surface area contributed by atoms with Crippen LogP contribution >= 0.6 is 0 Å². The molecule has 1 aromatic rings. The molecule has 7 nitrogen and oxygen atoms in total. The van der Waals surface area contributed by atoms with Crippen molar-refractivity contribution in [3.8, 4) is 17.2 Å². The second kappa shape index (κ2) is 10.6. The van der Waals surface area contributed by atoms with E-state index in [1.54, 1.807) is 6.92 Å². The molecule has 2 rings (SSSR count). The molecule has 0 heterocycles. The summed E-state index contributed by atoms with van der Waals surface area (Å²) >= 11 is 0. The Hall–Kier alpha value is -2.70. The van der Waals surface area contributed by atoms with E-state index in [2.05, 4.69) is 11.4 Å². The molecule has 0 spiro atoms. The smallest absolute Gasteiger partial charge is 0.342 e. The van der Waals surface area contributed by atoms with E-state index in [-0.39, 0.29) is 17.2 Å². The first-order chi connectivity index (χ1) is 13.5. The number of carbonyl (C=O) groups excluding carboxylic acids is 2. The molecule has 0 aromatic heterocycles. The van der Waals surface area contributed by atoms with Gasteiger partial charge in [0.25, 0.3) is 5.91 Å². The largest absolute Gasteiger partial charge is 0.496 e. The van der Waals surface area contributed by atoms with Gasteiger partial charge in [-0.1, -0.05) is 11.6 Å². The van der Waals surface area contributed by atoms with Crippen molar-refractivity contribution >= 4 is 11.9 Å². The lowest BCUT2D eigenvalue weighted by molar-refractivity contribution is -0.129. The third-order valence-electron chi connectivity index (χ3n) is 4.71. The highest BCUT2D eigenvalue weighted by Crippen LogP contribution is 2.35. The summed E-state index contributed by atoms with van der Waals surface area (Å²) in [5.41, 5.74) is 1.54. The molecule has 1 aliphatic rings. The van der Waals surface area contributed by atoms with Crippen molar-refractivity contribution in [2.45, 2.75) is 45.1 Å². The molecular formula is C21H29NO6. The zero-order chi connectivity index (χ0) is 20.5. The lowest BCUT2D eigenvalue weighted by atomic mass is 9.97. The van der Waals surface area contributed by atoms with Crippen LogP contribution in [0.2, 0.25) is 0 Å². The van der Waals surface area contributed by atoms with Gasteiger partial charge in [0.1, 0.15) is 11.3 Å². The van der Waals surface area contributed by atoms with Crippen molar-refractivity contribution in [2.75, 3.05) is 27.9 Å². The molecule has 1 atom stereocenters. The molecule has 28 heavy (non-hydrogen) atoms. The SMILES string of the molecule is COc1cc(OC)c(C(=O)O[C@H](C)C(=O)NCCC2=CCCCC2)cc1OC. The lowest BCUT2D eigenvalue weighted by Gasteiger charge is -2.17. The normalized spacial score (nSPS) is 14.5. The van der Waals surface area contributed by atoms with Crippen molar-refractivity contribution in [3.63, 3.8) is 0 Å². The van der Waals surface area contributed by atoms with E-state index < -0.39 is 12.1 Å². The highest BCUT2D eigenvalue weighted by Gasteiger charge is 2.23. The Labute approximate surface area is 166 Å². The Morgan fingerprint density at radius 3 is 2.32 bits per heavy atom. The van der Waals surface area contributed by atoms with Gasteiger partial charge in [0.05, 0.1) is 21.3 Å². The first-order valence-corrected chi connectivity index (χ1v) is 9.46. The quantitative estimate of drug-likeness (QED) is 0.514. The summed E-state index contributed by atoms with van der Waals surface area (Å²) in [4.78, 5) is 24.8. The number of benzene rings is 1. The van der Waals surface area contributed by atoms with Gasteiger partial charge >= 0.3 is 5.97 Å². The van der Waals surface area contributed by atoms with E-state index >= 15 is 0 Å². The Bertz CT molecular complexity index is 728. The molecule has 0 unspecified atom stereocenters. The van der Waals surface area contributed by atoms with Crippen molar-refractivity contribution in [1.29, 1.82) is 0 Å². The van der Waals surface area contributed by atoms with Gasteiger partial charge in [0.2, 0.25) is 0 Å². The minimum Gasteiger partial charge on any atom is -0.496 e. The summed E-state index contributed by atoms with van der Waals surface area (Å²) in [6.07, 6.45) is 6.82. The van der Waals surface area contributed by atoms with Gasteiger partial charge in [-0.2, -0.15) is 0 Å². The summed E-state index contributed by atoms with van der Waals surface area (Å²) in [5, 5.41) is 2.82. The molecule has 7 heteroatoms. The molecule has 0 saturated carbocycles. The van der Waals surface area contributed by atoms with Crippen LogP contribution in [-0.2, 0) is 9.53 Å². The maximum Gasteiger partial charge on any atom is 0.342 e. The summed E-state index contributed by atoms with van der Waals surface area (Å²) in [6, 6.07) is 3.01. The summed E-state index contributed by atoms with van der Waals surface area (Å²) in [6.45, 7) is 2.08. The number of carbonyl (C=O) groups is 2. The fraction of sp³-hybridized carbons (Fsp3) is 0.524. The molecule has 154 valence electrons. The average molecular weight is 391 g/mol. The van der Waals surface area contributed by atoms with Crippen LogP contribution in [0.4, 0.5) is 0 Å². The number of amides is 1. The Balaban J connectivity index is 1.95. The number of methoxy groups -OCH3 is 3. The number of hydrogen-bond donors (Lipinski definition) is 1. The van der Waals surface area contributed by atoms with Gasteiger partial charge in [-0.05, 0) is 39.0 Å². The van der Waals surface area contributed by atoms with Gasteiger partial charge < -0.3 is 24.3 Å². The van der Waals surface area contributed by atoms with Gasteiger partial charge in [-0.15, -0.1) is 0 Å². The van der Waals surface area contributed by atoms with E-state index in [0.717, 1.165) is 19.3 Å². The van der Waals surface area contributed by atoms with Gasteiger partial charge in [0.15, 0.2) is 17.6 Å². The molecule has 0 saturated heterocycles. The molecule has 0 fully saturated rings. The predicted molar refractivity (Wildman–Crippen MR) is 105 cm³/mol. The fourth-order valence-corrected chi connectivity index (χ4v) is 3.09. The zero-order valence-electron chi connectivity index (χ0n) is 17.0. The second-order valence-corrected chi connectivity index (χ2v) is 6.60. The fourth-order valence-electron chi connectivity index (χ4n) is 3.09. The van der Waals surface area contributed by atoms with Crippen LogP contribution in [0.5, 0.6) is 17.2 Å². The maximum atomic E-state index is 12.5. The lowest BCUT2D eigenvalue weighted by Crippen LogP contribution is -2.36. The van der Waals surface area contributed by atoms with Crippen molar-refractivity contribution in [1.82, 2.24) is 5.32 Å².